The molecule has 4 aromatic heterocycles. The van der Waals surface area contributed by atoms with Crippen LogP contribution in [0.1, 0.15) is 42.1 Å². The summed E-state index contributed by atoms with van der Waals surface area (Å²) in [4.78, 5) is 34.7. The monoisotopic (exact) mass is 416 g/mol. The molecule has 0 aliphatic rings. The molecule has 0 aliphatic carbocycles. The molecule has 0 bridgehead atoms. The highest BCUT2D eigenvalue weighted by Crippen LogP contribution is 2.12. The van der Waals surface area contributed by atoms with E-state index in [-0.39, 0.29) is 22.5 Å². The van der Waals surface area contributed by atoms with Crippen molar-refractivity contribution in [1.82, 2.24) is 24.3 Å². The summed E-state index contributed by atoms with van der Waals surface area (Å²) in [6, 6.07) is 10.5. The van der Waals surface area contributed by atoms with E-state index in [0.717, 1.165) is 24.8 Å². The predicted octanol–water partition coefficient (Wildman–Crippen LogP) is 2.49. The van der Waals surface area contributed by atoms with Gasteiger partial charge < -0.3 is 9.88 Å². The van der Waals surface area contributed by atoms with Crippen LogP contribution in [0, 0.1) is 5.41 Å². The number of rotatable bonds is 7. The molecule has 4 heterocycles. The zero-order valence-electron chi connectivity index (χ0n) is 17.3. The Kier molecular flexibility index (Phi) is 5.88. The Morgan fingerprint density at radius 2 is 1.97 bits per heavy atom. The van der Waals surface area contributed by atoms with Crippen molar-refractivity contribution >= 4 is 22.6 Å². The molecule has 0 saturated heterocycles. The summed E-state index contributed by atoms with van der Waals surface area (Å²) in [5.74, 6) is -0.357. The lowest BCUT2D eigenvalue weighted by molar-refractivity contribution is 0.0950. The number of fused-ring (bicyclic) bond motifs is 2. The van der Waals surface area contributed by atoms with E-state index < -0.39 is 0 Å². The van der Waals surface area contributed by atoms with Gasteiger partial charge in [0.15, 0.2) is 0 Å². The van der Waals surface area contributed by atoms with Crippen molar-refractivity contribution in [1.29, 1.82) is 5.41 Å². The molecule has 8 nitrogen and oxygen atoms in total. The van der Waals surface area contributed by atoms with Crippen molar-refractivity contribution in [3.63, 3.8) is 0 Å². The summed E-state index contributed by atoms with van der Waals surface area (Å²) in [5.41, 5.74) is 1.66. The first-order valence-corrected chi connectivity index (χ1v) is 10.4. The van der Waals surface area contributed by atoms with Gasteiger partial charge in [-0.1, -0.05) is 25.8 Å². The fourth-order valence-electron chi connectivity index (χ4n) is 3.56. The van der Waals surface area contributed by atoms with E-state index >= 15 is 0 Å². The first kappa shape index (κ1) is 20.5. The van der Waals surface area contributed by atoms with E-state index in [1.165, 1.54) is 10.5 Å². The number of carbonyl (C=O) groups is 1. The molecule has 158 valence electrons. The largest absolute Gasteiger partial charge is 0.352 e. The molecular formula is C23H24N6O2. The second kappa shape index (κ2) is 8.91. The van der Waals surface area contributed by atoms with Gasteiger partial charge in [0.05, 0.1) is 17.5 Å². The highest BCUT2D eigenvalue weighted by Gasteiger charge is 2.17. The summed E-state index contributed by atoms with van der Waals surface area (Å²) in [5, 5.41) is 11.9. The molecule has 0 aromatic carbocycles. The molecule has 8 heteroatoms. The average Bonchev–Trinajstić information content (AvgIpc) is 2.79. The van der Waals surface area contributed by atoms with Crippen molar-refractivity contribution in [2.75, 3.05) is 6.54 Å². The molecule has 4 rings (SSSR count). The maximum Gasteiger partial charge on any atom is 0.267 e. The van der Waals surface area contributed by atoms with Crippen LogP contribution in [0.2, 0.25) is 0 Å². The zero-order chi connectivity index (χ0) is 21.8. The van der Waals surface area contributed by atoms with E-state index in [9.17, 15) is 9.59 Å². The second-order valence-electron chi connectivity index (χ2n) is 7.39. The van der Waals surface area contributed by atoms with E-state index in [2.05, 4.69) is 22.2 Å². The zero-order valence-corrected chi connectivity index (χ0v) is 17.3. The minimum atomic E-state index is -0.357. The van der Waals surface area contributed by atoms with Crippen LogP contribution in [0.3, 0.4) is 0 Å². The van der Waals surface area contributed by atoms with Crippen LogP contribution in [0.4, 0.5) is 0 Å². The summed E-state index contributed by atoms with van der Waals surface area (Å²) < 4.78 is 3.06. The number of unbranched alkanes of at least 4 members (excludes halogenated alkanes) is 2. The molecule has 0 saturated carbocycles. The predicted molar refractivity (Wildman–Crippen MR) is 118 cm³/mol. The first-order chi connectivity index (χ1) is 15.1. The summed E-state index contributed by atoms with van der Waals surface area (Å²) in [7, 11) is 0. The Morgan fingerprint density at radius 1 is 1.16 bits per heavy atom. The number of nitrogens with zero attached hydrogens (tertiary/aromatic N) is 4. The second-order valence-corrected chi connectivity index (χ2v) is 7.39. The van der Waals surface area contributed by atoms with Gasteiger partial charge in [0.2, 0.25) is 0 Å². The number of aromatic nitrogens is 4. The Labute approximate surface area is 178 Å². The highest BCUT2D eigenvalue weighted by molar-refractivity contribution is 5.96. The van der Waals surface area contributed by atoms with Gasteiger partial charge in [-0.25, -0.2) is 4.98 Å². The molecule has 4 aromatic rings. The smallest absolute Gasteiger partial charge is 0.267 e. The number of pyridine rings is 3. The van der Waals surface area contributed by atoms with Crippen molar-refractivity contribution in [3.8, 4) is 0 Å². The summed E-state index contributed by atoms with van der Waals surface area (Å²) in [6.07, 6.45) is 7.93. The van der Waals surface area contributed by atoms with Crippen molar-refractivity contribution in [2.24, 2.45) is 0 Å². The van der Waals surface area contributed by atoms with Gasteiger partial charge in [-0.15, -0.1) is 0 Å². The van der Waals surface area contributed by atoms with Crippen LogP contribution < -0.4 is 16.4 Å². The maximum absolute atomic E-state index is 13.2. The first-order valence-electron chi connectivity index (χ1n) is 10.4. The molecule has 0 spiro atoms. The van der Waals surface area contributed by atoms with E-state index in [4.69, 9.17) is 5.41 Å². The molecule has 0 fully saturated rings. The van der Waals surface area contributed by atoms with Crippen LogP contribution in [-0.4, -0.2) is 31.4 Å². The van der Waals surface area contributed by atoms with Crippen molar-refractivity contribution < 1.29 is 4.79 Å². The lowest BCUT2D eigenvalue weighted by Crippen LogP contribution is -2.35. The van der Waals surface area contributed by atoms with Crippen LogP contribution in [-0.2, 0) is 6.54 Å². The third-order valence-corrected chi connectivity index (χ3v) is 5.22. The molecule has 31 heavy (non-hydrogen) atoms. The fraction of sp³-hybridized carbons (Fsp3) is 0.261. The molecule has 0 radical (unpaired) electrons. The van der Waals surface area contributed by atoms with Crippen molar-refractivity contribution in [2.45, 2.75) is 32.7 Å². The number of carbonyl (C=O) groups excluding carboxylic acids is 1. The maximum atomic E-state index is 13.2. The van der Waals surface area contributed by atoms with Crippen molar-refractivity contribution in [3.05, 3.63) is 82.0 Å². The molecule has 0 aliphatic heterocycles. The minimum Gasteiger partial charge on any atom is -0.352 e. The van der Waals surface area contributed by atoms with Gasteiger partial charge in [0, 0.05) is 25.1 Å². The normalized spacial score (nSPS) is 11.1. The van der Waals surface area contributed by atoms with Gasteiger partial charge in [0.25, 0.3) is 11.5 Å². The quantitative estimate of drug-likeness (QED) is 0.357. The van der Waals surface area contributed by atoms with Crippen LogP contribution in [0.5, 0.6) is 0 Å². The molecular weight excluding hydrogens is 392 g/mol. The number of hydrogen-bond donors (Lipinski definition) is 2. The van der Waals surface area contributed by atoms with Crippen LogP contribution in [0.15, 0.2) is 59.8 Å². The SMILES string of the molecule is CCCCCNC(=O)c1cc2c(=O)n3ccccc3nc2n(Cc2ccncc2)c1=N. The van der Waals surface area contributed by atoms with Gasteiger partial charge in [-0.3, -0.25) is 24.4 Å². The van der Waals surface area contributed by atoms with E-state index in [1.54, 1.807) is 41.4 Å². The topological polar surface area (TPSA) is 105 Å². The summed E-state index contributed by atoms with van der Waals surface area (Å²) >= 11 is 0. The lowest BCUT2D eigenvalue weighted by atomic mass is 10.1. The van der Waals surface area contributed by atoms with Gasteiger partial charge >= 0.3 is 0 Å². The Morgan fingerprint density at radius 3 is 2.74 bits per heavy atom. The Balaban J connectivity index is 1.90. The molecule has 0 atom stereocenters. The van der Waals surface area contributed by atoms with Crippen LogP contribution in [0.25, 0.3) is 16.7 Å². The Hall–Kier alpha value is -3.81. The Bertz CT molecular complexity index is 1360. The number of amides is 1. The molecule has 2 N–H and O–H groups in total. The van der Waals surface area contributed by atoms with Gasteiger partial charge in [-0.2, -0.15) is 0 Å². The van der Waals surface area contributed by atoms with Gasteiger partial charge in [0.1, 0.15) is 16.8 Å². The van der Waals surface area contributed by atoms with Gasteiger partial charge in [-0.05, 0) is 42.3 Å². The third kappa shape index (κ3) is 4.09. The summed E-state index contributed by atoms with van der Waals surface area (Å²) in [6.45, 7) is 2.92. The highest BCUT2D eigenvalue weighted by atomic mass is 16.1. The fourth-order valence-corrected chi connectivity index (χ4v) is 3.56. The minimum absolute atomic E-state index is 0.0180. The third-order valence-electron chi connectivity index (χ3n) is 5.22. The molecule has 1 amide bonds. The number of hydrogen-bond acceptors (Lipinski definition) is 5. The van der Waals surface area contributed by atoms with E-state index in [1.807, 2.05) is 12.1 Å². The number of nitrogens with one attached hydrogen (secondary N) is 2. The lowest BCUT2D eigenvalue weighted by Gasteiger charge is -2.15. The van der Waals surface area contributed by atoms with E-state index in [0.29, 0.717) is 29.8 Å². The standard InChI is InChI=1S/C23H24N6O2/c1-2-3-5-10-26-22(30)17-14-18-21(27-19-7-4-6-13-28(19)23(18)31)29(20(17)24)15-16-8-11-25-12-9-16/h4,6-9,11-14,24H,2-3,5,10,15H2,1H3,(H,26,30). The molecule has 0 unspecified atom stereocenters. The average molecular weight is 416 g/mol. The van der Waals surface area contributed by atoms with Crippen LogP contribution >= 0.6 is 0 Å².